The molecule has 0 bridgehead atoms. The number of nitrogens with one attached hydrogen (secondary N) is 1. The van der Waals surface area contributed by atoms with Crippen LogP contribution < -0.4 is 5.32 Å². The summed E-state index contributed by atoms with van der Waals surface area (Å²) in [5.41, 5.74) is 0.514. The molecule has 17 heavy (non-hydrogen) atoms. The second-order valence-electron chi connectivity index (χ2n) is 4.48. The number of hydrogen-bond donors (Lipinski definition) is 2. The van der Waals surface area contributed by atoms with Crippen LogP contribution >= 0.6 is 0 Å². The molecule has 0 atom stereocenters. The van der Waals surface area contributed by atoms with Crippen LogP contribution in [0, 0.1) is 5.41 Å². The minimum absolute atomic E-state index is 0.489. The molecule has 1 saturated heterocycles. The minimum Gasteiger partial charge on any atom is -0.481 e. The second kappa shape index (κ2) is 5.29. The molecule has 92 valence electrons. The monoisotopic (exact) mass is 235 g/mol. The molecule has 0 aliphatic carbocycles. The van der Waals surface area contributed by atoms with Crippen molar-refractivity contribution in [3.63, 3.8) is 0 Å². The van der Waals surface area contributed by atoms with E-state index >= 15 is 0 Å². The van der Waals surface area contributed by atoms with Gasteiger partial charge < -0.3 is 15.2 Å². The fourth-order valence-corrected chi connectivity index (χ4v) is 1.89. The van der Waals surface area contributed by atoms with Gasteiger partial charge in [0.05, 0.1) is 12.0 Å². The first-order valence-corrected chi connectivity index (χ1v) is 5.79. The molecule has 1 aliphatic heterocycles. The van der Waals surface area contributed by atoms with Crippen LogP contribution in [0.5, 0.6) is 0 Å². The molecule has 1 aromatic carbocycles. The third-order valence-corrected chi connectivity index (χ3v) is 3.22. The Morgan fingerprint density at radius 2 is 2.06 bits per heavy atom. The molecular formula is C13H17NO3. The Balaban J connectivity index is 1.71. The molecule has 0 spiro atoms. The van der Waals surface area contributed by atoms with Gasteiger partial charge in [-0.1, -0.05) is 30.3 Å². The van der Waals surface area contributed by atoms with Crippen molar-refractivity contribution in [2.75, 3.05) is 19.7 Å². The lowest BCUT2D eigenvalue weighted by Crippen LogP contribution is -2.58. The molecule has 0 saturated carbocycles. The number of carbonyl (C=O) groups is 1. The van der Waals surface area contributed by atoms with Crippen LogP contribution in [0.3, 0.4) is 0 Å². The highest BCUT2D eigenvalue weighted by molar-refractivity contribution is 5.76. The summed E-state index contributed by atoms with van der Waals surface area (Å²) in [6.07, 6.45) is 0.572. The van der Waals surface area contributed by atoms with E-state index < -0.39 is 11.4 Å². The zero-order chi connectivity index (χ0) is 12.1. The molecule has 0 aromatic heterocycles. The van der Waals surface area contributed by atoms with Crippen LogP contribution in [0.2, 0.25) is 0 Å². The standard InChI is InChI=1S/C13H17NO3/c15-12(16)13(9-14-10-13)6-7-17-8-11-4-2-1-3-5-11/h1-5,14H,6-10H2,(H,15,16). The van der Waals surface area contributed by atoms with E-state index in [-0.39, 0.29) is 0 Å². The average Bonchev–Trinajstić information content (AvgIpc) is 2.27. The molecule has 1 aliphatic rings. The van der Waals surface area contributed by atoms with E-state index in [1.54, 1.807) is 0 Å². The van der Waals surface area contributed by atoms with Gasteiger partial charge in [0.25, 0.3) is 0 Å². The van der Waals surface area contributed by atoms with Crippen molar-refractivity contribution in [1.29, 1.82) is 0 Å². The third-order valence-electron chi connectivity index (χ3n) is 3.22. The quantitative estimate of drug-likeness (QED) is 0.729. The summed E-state index contributed by atoms with van der Waals surface area (Å²) >= 11 is 0. The van der Waals surface area contributed by atoms with Gasteiger partial charge in [-0.05, 0) is 12.0 Å². The largest absolute Gasteiger partial charge is 0.481 e. The summed E-state index contributed by atoms with van der Waals surface area (Å²) in [5.74, 6) is -0.723. The second-order valence-corrected chi connectivity index (χ2v) is 4.48. The predicted molar refractivity (Wildman–Crippen MR) is 63.7 cm³/mol. The Hall–Kier alpha value is -1.39. The topological polar surface area (TPSA) is 58.6 Å². The lowest BCUT2D eigenvalue weighted by atomic mass is 9.79. The zero-order valence-corrected chi connectivity index (χ0v) is 9.69. The van der Waals surface area contributed by atoms with Crippen LogP contribution in [-0.4, -0.2) is 30.8 Å². The van der Waals surface area contributed by atoms with Gasteiger partial charge in [0.1, 0.15) is 0 Å². The lowest BCUT2D eigenvalue weighted by Gasteiger charge is -2.38. The van der Waals surface area contributed by atoms with Crippen molar-refractivity contribution in [1.82, 2.24) is 5.32 Å². The van der Waals surface area contributed by atoms with Crippen molar-refractivity contribution in [3.05, 3.63) is 35.9 Å². The molecule has 4 heteroatoms. The maximum absolute atomic E-state index is 11.1. The van der Waals surface area contributed by atoms with Gasteiger partial charge in [-0.15, -0.1) is 0 Å². The van der Waals surface area contributed by atoms with Gasteiger partial charge in [-0.25, -0.2) is 0 Å². The summed E-state index contributed by atoms with van der Waals surface area (Å²) < 4.78 is 5.51. The normalized spacial score (nSPS) is 17.4. The van der Waals surface area contributed by atoms with E-state index in [9.17, 15) is 4.79 Å². The fraction of sp³-hybridized carbons (Fsp3) is 0.462. The Kier molecular flexibility index (Phi) is 3.76. The average molecular weight is 235 g/mol. The predicted octanol–water partition coefficient (Wildman–Crippen LogP) is 1.27. The number of rotatable bonds is 6. The number of ether oxygens (including phenoxy) is 1. The van der Waals surface area contributed by atoms with E-state index in [2.05, 4.69) is 5.32 Å². The third kappa shape index (κ3) is 2.84. The molecule has 0 amide bonds. The lowest BCUT2D eigenvalue weighted by molar-refractivity contribution is -0.153. The molecule has 1 fully saturated rings. The first-order chi connectivity index (χ1) is 8.23. The summed E-state index contributed by atoms with van der Waals surface area (Å²) in [6, 6.07) is 9.89. The van der Waals surface area contributed by atoms with Crippen LogP contribution in [-0.2, 0) is 16.1 Å². The summed E-state index contributed by atoms with van der Waals surface area (Å²) in [5, 5.41) is 12.1. The number of carboxylic acids is 1. The smallest absolute Gasteiger partial charge is 0.312 e. The molecule has 0 unspecified atom stereocenters. The molecule has 1 heterocycles. The Bertz CT molecular complexity index is 374. The van der Waals surface area contributed by atoms with Crippen LogP contribution in [0.25, 0.3) is 0 Å². The Morgan fingerprint density at radius 1 is 1.35 bits per heavy atom. The molecule has 2 rings (SSSR count). The van der Waals surface area contributed by atoms with Crippen molar-refractivity contribution < 1.29 is 14.6 Å². The van der Waals surface area contributed by atoms with Gasteiger partial charge in [-0.2, -0.15) is 0 Å². The first-order valence-electron chi connectivity index (χ1n) is 5.79. The molecule has 0 radical (unpaired) electrons. The zero-order valence-electron chi connectivity index (χ0n) is 9.69. The van der Waals surface area contributed by atoms with E-state index in [1.165, 1.54) is 0 Å². The SMILES string of the molecule is O=C(O)C1(CCOCc2ccccc2)CNC1. The Labute approximate surface area is 101 Å². The number of carboxylic acid groups (broad SMARTS) is 1. The van der Waals surface area contributed by atoms with E-state index in [4.69, 9.17) is 9.84 Å². The van der Waals surface area contributed by atoms with Crippen LogP contribution in [0.4, 0.5) is 0 Å². The molecule has 1 aromatic rings. The van der Waals surface area contributed by atoms with Crippen LogP contribution in [0.1, 0.15) is 12.0 Å². The van der Waals surface area contributed by atoms with Crippen molar-refractivity contribution in [2.45, 2.75) is 13.0 Å². The number of hydrogen-bond acceptors (Lipinski definition) is 3. The fourth-order valence-electron chi connectivity index (χ4n) is 1.89. The molecule has 2 N–H and O–H groups in total. The van der Waals surface area contributed by atoms with Gasteiger partial charge in [0.15, 0.2) is 0 Å². The van der Waals surface area contributed by atoms with Crippen molar-refractivity contribution in [3.8, 4) is 0 Å². The van der Waals surface area contributed by atoms with Gasteiger partial charge >= 0.3 is 5.97 Å². The van der Waals surface area contributed by atoms with E-state index in [1.807, 2.05) is 30.3 Å². The van der Waals surface area contributed by atoms with Crippen molar-refractivity contribution in [2.24, 2.45) is 5.41 Å². The molecular weight excluding hydrogens is 218 g/mol. The summed E-state index contributed by atoms with van der Waals surface area (Å²) in [4.78, 5) is 11.1. The molecule has 4 nitrogen and oxygen atoms in total. The van der Waals surface area contributed by atoms with E-state index in [0.29, 0.717) is 32.7 Å². The minimum atomic E-state index is -0.723. The highest BCUT2D eigenvalue weighted by atomic mass is 16.5. The van der Waals surface area contributed by atoms with Crippen LogP contribution in [0.15, 0.2) is 30.3 Å². The van der Waals surface area contributed by atoms with Gasteiger partial charge in [0, 0.05) is 19.7 Å². The number of aliphatic carboxylic acids is 1. The summed E-state index contributed by atoms with van der Waals surface area (Å²) in [6.45, 7) is 2.14. The maximum atomic E-state index is 11.1. The summed E-state index contributed by atoms with van der Waals surface area (Å²) in [7, 11) is 0. The van der Waals surface area contributed by atoms with Gasteiger partial charge in [0.2, 0.25) is 0 Å². The van der Waals surface area contributed by atoms with Crippen molar-refractivity contribution >= 4 is 5.97 Å². The highest BCUT2D eigenvalue weighted by Crippen LogP contribution is 2.27. The number of benzene rings is 1. The van der Waals surface area contributed by atoms with Gasteiger partial charge in [-0.3, -0.25) is 4.79 Å². The maximum Gasteiger partial charge on any atom is 0.312 e. The van der Waals surface area contributed by atoms with E-state index in [0.717, 1.165) is 5.56 Å². The Morgan fingerprint density at radius 3 is 2.59 bits per heavy atom. The first kappa shape index (κ1) is 12.1. The highest BCUT2D eigenvalue weighted by Gasteiger charge is 2.43.